The lowest BCUT2D eigenvalue weighted by atomic mass is 10.0. The van der Waals surface area contributed by atoms with Crippen molar-refractivity contribution >= 4 is 16.7 Å². The first kappa shape index (κ1) is 18.6. The Labute approximate surface area is 160 Å². The van der Waals surface area contributed by atoms with E-state index in [1.54, 1.807) is 6.07 Å². The van der Waals surface area contributed by atoms with Crippen LogP contribution in [0.1, 0.15) is 19.4 Å². The highest BCUT2D eigenvalue weighted by Gasteiger charge is 2.29. The average Bonchev–Trinajstić information content (AvgIpc) is 3.11. The van der Waals surface area contributed by atoms with Crippen LogP contribution in [0, 0.1) is 5.82 Å². The maximum Gasteiger partial charge on any atom is 0.232 e. The number of aliphatic hydroxyl groups excluding tert-OH is 1. The van der Waals surface area contributed by atoms with Crippen molar-refractivity contribution in [3.63, 3.8) is 0 Å². The molecule has 2 unspecified atom stereocenters. The number of aliphatic hydroxyl groups is 1. The van der Waals surface area contributed by atoms with E-state index in [4.69, 9.17) is 14.0 Å². The lowest BCUT2D eigenvalue weighted by Crippen LogP contribution is -2.46. The van der Waals surface area contributed by atoms with Crippen LogP contribution in [0.2, 0.25) is 0 Å². The Hall–Kier alpha value is -2.78. The molecule has 2 aromatic heterocycles. The van der Waals surface area contributed by atoms with Gasteiger partial charge in [-0.3, -0.25) is 4.98 Å². The smallest absolute Gasteiger partial charge is 0.232 e. The molecule has 4 rings (SSSR count). The fraction of sp³-hybridized carbons (Fsp3) is 0.421. The Morgan fingerprint density at radius 3 is 2.71 bits per heavy atom. The van der Waals surface area contributed by atoms with Crippen LogP contribution in [0.5, 0.6) is 5.88 Å². The summed E-state index contributed by atoms with van der Waals surface area (Å²) in [6.07, 6.45) is 2.85. The third-order valence-corrected chi connectivity index (χ3v) is 4.73. The van der Waals surface area contributed by atoms with Crippen molar-refractivity contribution in [1.29, 1.82) is 0 Å². The van der Waals surface area contributed by atoms with Crippen molar-refractivity contribution in [3.05, 3.63) is 29.8 Å². The van der Waals surface area contributed by atoms with E-state index in [0.717, 1.165) is 0 Å². The third kappa shape index (κ3) is 3.16. The fourth-order valence-corrected chi connectivity index (χ4v) is 3.65. The van der Waals surface area contributed by atoms with Gasteiger partial charge in [-0.05, 0) is 19.9 Å². The van der Waals surface area contributed by atoms with Gasteiger partial charge in [0.25, 0.3) is 0 Å². The molecular weight excluding hydrogens is 367 g/mol. The summed E-state index contributed by atoms with van der Waals surface area (Å²) in [5, 5.41) is 14.3. The molecule has 28 heavy (non-hydrogen) atoms. The summed E-state index contributed by atoms with van der Waals surface area (Å²) in [7, 11) is 1.48. The van der Waals surface area contributed by atoms with Gasteiger partial charge in [0.2, 0.25) is 11.5 Å². The van der Waals surface area contributed by atoms with E-state index in [-0.39, 0.29) is 24.4 Å². The molecule has 2 atom stereocenters. The number of anilines is 1. The molecular formula is C19H21FN4O4. The lowest BCUT2D eigenvalue weighted by molar-refractivity contribution is -0.00549. The van der Waals surface area contributed by atoms with Crippen LogP contribution >= 0.6 is 0 Å². The summed E-state index contributed by atoms with van der Waals surface area (Å²) >= 11 is 0. The molecule has 0 radical (unpaired) electrons. The van der Waals surface area contributed by atoms with Crippen LogP contribution in [-0.4, -0.2) is 52.6 Å². The van der Waals surface area contributed by atoms with Gasteiger partial charge < -0.3 is 24.0 Å². The Morgan fingerprint density at radius 1 is 1.29 bits per heavy atom. The van der Waals surface area contributed by atoms with Crippen LogP contribution in [0.25, 0.3) is 22.4 Å². The minimum atomic E-state index is -0.558. The third-order valence-electron chi connectivity index (χ3n) is 4.73. The van der Waals surface area contributed by atoms with Crippen molar-refractivity contribution < 1.29 is 23.5 Å². The molecule has 1 aliphatic rings. The van der Waals surface area contributed by atoms with Gasteiger partial charge in [-0.1, -0.05) is 5.16 Å². The van der Waals surface area contributed by atoms with Crippen molar-refractivity contribution in [2.24, 2.45) is 0 Å². The highest BCUT2D eigenvalue weighted by atomic mass is 19.1. The number of methoxy groups -OCH3 is 1. The predicted octanol–water partition coefficient (Wildman–Crippen LogP) is 2.54. The molecule has 148 valence electrons. The maximum atomic E-state index is 15.4. The molecule has 8 nitrogen and oxygen atoms in total. The molecule has 0 bridgehead atoms. The van der Waals surface area contributed by atoms with Crippen molar-refractivity contribution in [2.75, 3.05) is 25.1 Å². The van der Waals surface area contributed by atoms with E-state index < -0.39 is 5.82 Å². The van der Waals surface area contributed by atoms with E-state index in [9.17, 15) is 5.11 Å². The Bertz CT molecular complexity index is 999. The van der Waals surface area contributed by atoms with E-state index in [0.29, 0.717) is 47.0 Å². The number of aromatic nitrogens is 3. The zero-order chi connectivity index (χ0) is 19.8. The lowest BCUT2D eigenvalue weighted by Gasteiger charge is -2.37. The Kier molecular flexibility index (Phi) is 4.86. The number of ether oxygens (including phenoxy) is 2. The molecule has 1 aliphatic heterocycles. The number of fused-ring (bicyclic) bond motifs is 1. The van der Waals surface area contributed by atoms with Crippen molar-refractivity contribution in [3.8, 4) is 17.3 Å². The minimum Gasteiger partial charge on any atom is -0.480 e. The number of hydrogen-bond acceptors (Lipinski definition) is 8. The molecule has 1 N–H and O–H groups in total. The SMILES string of the molecule is COc1cncc(-c2noc3c(F)c(N4CC(C)OC(C)C4)c(CO)cc23)n1. The Morgan fingerprint density at radius 2 is 2.04 bits per heavy atom. The van der Waals surface area contributed by atoms with E-state index in [1.165, 1.54) is 19.5 Å². The molecule has 3 aromatic rings. The number of benzene rings is 1. The quantitative estimate of drug-likeness (QED) is 0.729. The highest BCUT2D eigenvalue weighted by molar-refractivity contribution is 5.94. The van der Waals surface area contributed by atoms with Gasteiger partial charge >= 0.3 is 0 Å². The van der Waals surface area contributed by atoms with Crippen molar-refractivity contribution in [1.82, 2.24) is 15.1 Å². The molecule has 0 spiro atoms. The largest absolute Gasteiger partial charge is 0.480 e. The summed E-state index contributed by atoms with van der Waals surface area (Å²) in [4.78, 5) is 10.2. The summed E-state index contributed by atoms with van der Waals surface area (Å²) < 4.78 is 31.6. The molecule has 3 heterocycles. The Balaban J connectivity index is 1.85. The van der Waals surface area contributed by atoms with Gasteiger partial charge in [0.1, 0.15) is 11.4 Å². The second-order valence-corrected chi connectivity index (χ2v) is 6.87. The average molecular weight is 388 g/mol. The van der Waals surface area contributed by atoms with E-state index in [2.05, 4.69) is 15.1 Å². The first-order valence-corrected chi connectivity index (χ1v) is 9.00. The van der Waals surface area contributed by atoms with E-state index >= 15 is 4.39 Å². The van der Waals surface area contributed by atoms with Gasteiger partial charge in [-0.15, -0.1) is 0 Å². The van der Waals surface area contributed by atoms with Crippen LogP contribution in [0.15, 0.2) is 23.0 Å². The standard InChI is InChI=1S/C19H21FN4O4/c1-10-7-24(8-11(2)27-10)18-12(9-25)4-13-17(23-28-19(13)16(18)20)14-5-21-6-15(22-14)26-3/h4-6,10-11,25H,7-9H2,1-3H3. The number of morpholine rings is 1. The molecule has 9 heteroatoms. The molecule has 1 aromatic carbocycles. The van der Waals surface area contributed by atoms with Crippen LogP contribution in [-0.2, 0) is 11.3 Å². The zero-order valence-corrected chi connectivity index (χ0v) is 15.8. The number of rotatable bonds is 4. The van der Waals surface area contributed by atoms with Gasteiger partial charge in [0.05, 0.1) is 49.4 Å². The number of halogens is 1. The van der Waals surface area contributed by atoms with Gasteiger partial charge in [-0.2, -0.15) is 0 Å². The number of nitrogens with zero attached hydrogens (tertiary/aromatic N) is 4. The topological polar surface area (TPSA) is 93.7 Å². The fourth-order valence-electron chi connectivity index (χ4n) is 3.65. The van der Waals surface area contributed by atoms with Crippen LogP contribution in [0.3, 0.4) is 0 Å². The summed E-state index contributed by atoms with van der Waals surface area (Å²) in [5.74, 6) is -0.248. The predicted molar refractivity (Wildman–Crippen MR) is 99.7 cm³/mol. The van der Waals surface area contributed by atoms with Gasteiger partial charge in [-0.25, -0.2) is 9.37 Å². The second kappa shape index (κ2) is 7.33. The molecule has 1 saturated heterocycles. The van der Waals surface area contributed by atoms with Gasteiger partial charge in [0, 0.05) is 18.7 Å². The normalized spacial score (nSPS) is 20.0. The zero-order valence-electron chi connectivity index (χ0n) is 15.8. The van der Waals surface area contributed by atoms with Crippen LogP contribution in [0.4, 0.5) is 10.1 Å². The summed E-state index contributed by atoms with van der Waals surface area (Å²) in [5.41, 5.74) is 1.51. The first-order chi connectivity index (χ1) is 13.5. The first-order valence-electron chi connectivity index (χ1n) is 9.00. The molecule has 0 saturated carbocycles. The minimum absolute atomic E-state index is 0.0126. The van der Waals surface area contributed by atoms with E-state index in [1.807, 2.05) is 18.7 Å². The molecule has 0 amide bonds. The second-order valence-electron chi connectivity index (χ2n) is 6.87. The highest BCUT2D eigenvalue weighted by Crippen LogP contribution is 2.37. The maximum absolute atomic E-state index is 15.4. The number of hydrogen-bond donors (Lipinski definition) is 1. The summed E-state index contributed by atoms with van der Waals surface area (Å²) in [6.45, 7) is 4.58. The molecule has 1 fully saturated rings. The monoisotopic (exact) mass is 388 g/mol. The van der Waals surface area contributed by atoms with Crippen molar-refractivity contribution in [2.45, 2.75) is 32.7 Å². The van der Waals surface area contributed by atoms with Crippen LogP contribution < -0.4 is 9.64 Å². The van der Waals surface area contributed by atoms with Gasteiger partial charge in [0.15, 0.2) is 5.82 Å². The summed E-state index contributed by atoms with van der Waals surface area (Å²) in [6, 6.07) is 1.69. The molecule has 0 aliphatic carbocycles.